The molecule has 7 nitrogen and oxygen atoms in total. The van der Waals surface area contributed by atoms with Crippen LogP contribution in [0, 0.1) is 0 Å². The molecule has 0 saturated carbocycles. The smallest absolute Gasteiger partial charge is 0.407 e. The normalized spacial score (nSPS) is 17.3. The average molecular weight is 572 g/mol. The maximum absolute atomic E-state index is 12.1. The molecule has 3 rings (SSSR count). The van der Waals surface area contributed by atoms with E-state index in [1.807, 2.05) is 77.1 Å². The largest absolute Gasteiger partial charge is 0.507 e. The van der Waals surface area contributed by atoms with Crippen molar-refractivity contribution in [3.05, 3.63) is 81.0 Å². The van der Waals surface area contributed by atoms with Gasteiger partial charge in [0.25, 0.3) is 0 Å². The first-order chi connectivity index (χ1) is 17.4. The van der Waals surface area contributed by atoms with E-state index in [1.165, 1.54) is 7.11 Å². The Hall–Kier alpha value is -3.26. The van der Waals surface area contributed by atoms with Crippen molar-refractivity contribution in [2.45, 2.75) is 65.2 Å². The van der Waals surface area contributed by atoms with E-state index in [0.717, 1.165) is 21.2 Å². The van der Waals surface area contributed by atoms with Gasteiger partial charge < -0.3 is 24.6 Å². The highest BCUT2D eigenvalue weighted by Crippen LogP contribution is 2.44. The van der Waals surface area contributed by atoms with Crippen LogP contribution in [0.5, 0.6) is 5.75 Å². The minimum atomic E-state index is -1.12. The van der Waals surface area contributed by atoms with Crippen LogP contribution in [0.25, 0.3) is 5.57 Å². The lowest BCUT2D eigenvalue weighted by molar-refractivity contribution is -0.139. The van der Waals surface area contributed by atoms with Crippen LogP contribution in [0.15, 0.2) is 64.3 Å². The highest BCUT2D eigenvalue weighted by atomic mass is 79.9. The Labute approximate surface area is 226 Å². The van der Waals surface area contributed by atoms with Gasteiger partial charge in [0.15, 0.2) is 5.60 Å². The van der Waals surface area contributed by atoms with Gasteiger partial charge in [0, 0.05) is 22.2 Å². The summed E-state index contributed by atoms with van der Waals surface area (Å²) >= 11 is 3.44. The molecule has 2 aromatic rings. The maximum atomic E-state index is 12.1. The Kier molecular flexibility index (Phi) is 8.74. The van der Waals surface area contributed by atoms with Gasteiger partial charge in [0.2, 0.25) is 0 Å². The fourth-order valence-electron chi connectivity index (χ4n) is 4.13. The number of hydrogen-bond donors (Lipinski definition) is 2. The van der Waals surface area contributed by atoms with Gasteiger partial charge in [0.05, 0.1) is 13.5 Å². The van der Waals surface area contributed by atoms with Gasteiger partial charge in [-0.05, 0) is 81.2 Å². The number of rotatable bonds is 8. The molecule has 1 atom stereocenters. The lowest BCUT2D eigenvalue weighted by atomic mass is 9.94. The van der Waals surface area contributed by atoms with E-state index >= 15 is 0 Å². The molecule has 1 aliphatic carbocycles. The molecule has 198 valence electrons. The standard InChI is InChI=1S/C29H34BrNO6/c1-7-21-16-23(19-10-8-9-18(13-19)17-31-27(34)37-28(2,3)4)26(33)29(21,5)36-24-12-11-22(30)14-20(24)15-25(32)35-6/h8-14,16,33H,7,15,17H2,1-6H3,(H,31,34). The lowest BCUT2D eigenvalue weighted by Gasteiger charge is -2.30. The summed E-state index contributed by atoms with van der Waals surface area (Å²) in [6, 6.07) is 13.0. The number of nitrogens with one attached hydrogen (secondary N) is 1. The third kappa shape index (κ3) is 6.95. The molecule has 0 heterocycles. The Morgan fingerprint density at radius 1 is 1.14 bits per heavy atom. The van der Waals surface area contributed by atoms with E-state index in [1.54, 1.807) is 6.07 Å². The molecule has 1 aliphatic rings. The number of carbonyl (C=O) groups excluding carboxylic acids is 2. The van der Waals surface area contributed by atoms with E-state index in [-0.39, 0.29) is 24.7 Å². The molecule has 2 aromatic carbocycles. The van der Waals surface area contributed by atoms with Crippen LogP contribution in [0.2, 0.25) is 0 Å². The number of carbonyl (C=O) groups is 2. The average Bonchev–Trinajstić information content (AvgIpc) is 3.08. The summed E-state index contributed by atoms with van der Waals surface area (Å²) in [7, 11) is 1.34. The summed E-state index contributed by atoms with van der Waals surface area (Å²) in [5.41, 5.74) is 2.14. The van der Waals surface area contributed by atoms with Crippen molar-refractivity contribution in [2.75, 3.05) is 7.11 Å². The van der Waals surface area contributed by atoms with Crippen LogP contribution < -0.4 is 10.1 Å². The molecule has 1 unspecified atom stereocenters. The zero-order chi connectivity index (χ0) is 27.4. The Balaban J connectivity index is 1.90. The quantitative estimate of drug-likeness (QED) is 0.344. The van der Waals surface area contributed by atoms with Gasteiger partial charge in [-0.1, -0.05) is 41.1 Å². The van der Waals surface area contributed by atoms with Crippen molar-refractivity contribution >= 4 is 33.6 Å². The second-order valence-corrected chi connectivity index (χ2v) is 10.9. The Bertz CT molecular complexity index is 1240. The number of halogens is 1. The molecule has 0 aliphatic heterocycles. The number of methoxy groups -OCH3 is 1. The molecule has 0 radical (unpaired) electrons. The summed E-state index contributed by atoms with van der Waals surface area (Å²) in [6.07, 6.45) is 2.13. The minimum Gasteiger partial charge on any atom is -0.507 e. The van der Waals surface area contributed by atoms with E-state index in [2.05, 4.69) is 21.2 Å². The van der Waals surface area contributed by atoms with Gasteiger partial charge in [-0.15, -0.1) is 0 Å². The molecule has 0 fully saturated rings. The number of benzene rings is 2. The van der Waals surface area contributed by atoms with Crippen LogP contribution >= 0.6 is 15.9 Å². The second-order valence-electron chi connectivity index (χ2n) is 9.98. The number of amides is 1. The summed E-state index contributed by atoms with van der Waals surface area (Å²) in [4.78, 5) is 24.0. The van der Waals surface area contributed by atoms with Crippen molar-refractivity contribution < 1.29 is 28.9 Å². The fourth-order valence-corrected chi connectivity index (χ4v) is 4.54. The van der Waals surface area contributed by atoms with Crippen molar-refractivity contribution in [3.8, 4) is 5.75 Å². The maximum Gasteiger partial charge on any atom is 0.407 e. The van der Waals surface area contributed by atoms with Crippen molar-refractivity contribution in [2.24, 2.45) is 0 Å². The second kappa shape index (κ2) is 11.4. The first kappa shape index (κ1) is 28.3. The molecule has 8 heteroatoms. The highest BCUT2D eigenvalue weighted by molar-refractivity contribution is 9.10. The minimum absolute atomic E-state index is 0.0382. The molecule has 2 N–H and O–H groups in total. The SMILES string of the molecule is CCC1=CC(c2cccc(CNC(=O)OC(C)(C)C)c2)=C(O)C1(C)Oc1ccc(Br)cc1CC(=O)OC. The van der Waals surface area contributed by atoms with Gasteiger partial charge in [0.1, 0.15) is 17.1 Å². The number of ether oxygens (including phenoxy) is 3. The first-order valence-electron chi connectivity index (χ1n) is 12.1. The van der Waals surface area contributed by atoms with Crippen LogP contribution in [-0.4, -0.2) is 35.5 Å². The summed E-state index contributed by atoms with van der Waals surface area (Å²) in [5, 5.41) is 14.2. The van der Waals surface area contributed by atoms with Crippen LogP contribution in [0.3, 0.4) is 0 Å². The van der Waals surface area contributed by atoms with E-state index in [4.69, 9.17) is 14.2 Å². The van der Waals surface area contributed by atoms with Gasteiger partial charge in [-0.3, -0.25) is 4.79 Å². The molecule has 37 heavy (non-hydrogen) atoms. The third-order valence-electron chi connectivity index (χ3n) is 5.99. The first-order valence-corrected chi connectivity index (χ1v) is 12.9. The van der Waals surface area contributed by atoms with Crippen molar-refractivity contribution in [1.82, 2.24) is 5.32 Å². The van der Waals surface area contributed by atoms with Crippen molar-refractivity contribution in [3.63, 3.8) is 0 Å². The Morgan fingerprint density at radius 2 is 1.86 bits per heavy atom. The number of esters is 1. The third-order valence-corrected chi connectivity index (χ3v) is 6.49. The highest BCUT2D eigenvalue weighted by Gasteiger charge is 2.42. The zero-order valence-corrected chi connectivity index (χ0v) is 23.7. The number of aliphatic hydroxyl groups is 1. The van der Waals surface area contributed by atoms with E-state index in [0.29, 0.717) is 23.3 Å². The van der Waals surface area contributed by atoms with Crippen LogP contribution in [0.4, 0.5) is 4.79 Å². The van der Waals surface area contributed by atoms with Gasteiger partial charge in [-0.25, -0.2) is 4.79 Å². The predicted molar refractivity (Wildman–Crippen MR) is 146 cm³/mol. The van der Waals surface area contributed by atoms with E-state index < -0.39 is 17.3 Å². The summed E-state index contributed by atoms with van der Waals surface area (Å²) < 4.78 is 17.4. The van der Waals surface area contributed by atoms with Crippen LogP contribution in [-0.2, 0) is 27.2 Å². The number of aliphatic hydroxyl groups excluding tert-OH is 1. The molecule has 0 saturated heterocycles. The molecule has 0 spiro atoms. The summed E-state index contributed by atoms with van der Waals surface area (Å²) in [6.45, 7) is 9.54. The number of allylic oxidation sites excluding steroid dienone is 2. The summed E-state index contributed by atoms with van der Waals surface area (Å²) in [5.74, 6) is 0.176. The van der Waals surface area contributed by atoms with Gasteiger partial charge >= 0.3 is 12.1 Å². The topological polar surface area (TPSA) is 94.1 Å². The number of alkyl carbamates (subject to hydrolysis) is 1. The van der Waals surface area contributed by atoms with Gasteiger partial charge in [-0.2, -0.15) is 0 Å². The molecule has 1 amide bonds. The van der Waals surface area contributed by atoms with Crippen molar-refractivity contribution in [1.29, 1.82) is 0 Å². The molecule has 0 bridgehead atoms. The molecular weight excluding hydrogens is 538 g/mol. The monoisotopic (exact) mass is 571 g/mol. The van der Waals surface area contributed by atoms with E-state index in [9.17, 15) is 14.7 Å². The fraction of sp³-hybridized carbons (Fsp3) is 0.379. The van der Waals surface area contributed by atoms with Crippen LogP contribution in [0.1, 0.15) is 57.7 Å². The Morgan fingerprint density at radius 3 is 2.51 bits per heavy atom. The predicted octanol–water partition coefficient (Wildman–Crippen LogP) is 6.65. The number of hydrogen-bond acceptors (Lipinski definition) is 6. The zero-order valence-electron chi connectivity index (χ0n) is 22.1. The lowest BCUT2D eigenvalue weighted by Crippen LogP contribution is -2.35. The molecular formula is C29H34BrNO6. The molecule has 0 aromatic heterocycles.